The fraction of sp³-hybridized carbons (Fsp3) is 0.188. The largest absolute Gasteiger partial charge is 0.329 e. The monoisotopic (exact) mass is 351 g/mol. The summed E-state index contributed by atoms with van der Waals surface area (Å²) in [5.74, 6) is -1.72. The number of benzene rings is 1. The van der Waals surface area contributed by atoms with Crippen molar-refractivity contribution in [2.24, 2.45) is 0 Å². The lowest BCUT2D eigenvalue weighted by Crippen LogP contribution is -2.13. The molecule has 3 aromatic rings. The second-order valence-electron chi connectivity index (χ2n) is 5.63. The molecule has 24 heavy (non-hydrogen) atoms. The highest BCUT2D eigenvalue weighted by molar-refractivity contribution is 7.93. The topological polar surface area (TPSA) is 64.0 Å². The molecule has 8 heteroatoms. The fourth-order valence-electron chi connectivity index (χ4n) is 2.48. The van der Waals surface area contributed by atoms with Gasteiger partial charge < -0.3 is 4.57 Å². The summed E-state index contributed by atoms with van der Waals surface area (Å²) in [6.45, 7) is 3.81. The molecule has 2 heterocycles. The van der Waals surface area contributed by atoms with Crippen molar-refractivity contribution in [3.05, 3.63) is 54.4 Å². The Bertz CT molecular complexity index is 993. The van der Waals surface area contributed by atoms with Gasteiger partial charge in [0.15, 0.2) is 0 Å². The van der Waals surface area contributed by atoms with Gasteiger partial charge >= 0.3 is 0 Å². The molecule has 5 nitrogen and oxygen atoms in total. The minimum Gasteiger partial charge on any atom is -0.329 e. The van der Waals surface area contributed by atoms with E-state index < -0.39 is 21.7 Å². The average Bonchev–Trinajstić information content (AvgIpc) is 2.86. The van der Waals surface area contributed by atoms with Gasteiger partial charge in [-0.2, -0.15) is 0 Å². The van der Waals surface area contributed by atoms with Crippen molar-refractivity contribution in [1.29, 1.82) is 0 Å². The molecule has 0 amide bonds. The number of fused-ring (bicyclic) bond motifs is 1. The van der Waals surface area contributed by atoms with Crippen molar-refractivity contribution in [2.75, 3.05) is 4.72 Å². The number of anilines is 1. The van der Waals surface area contributed by atoms with Crippen LogP contribution in [-0.2, 0) is 10.0 Å². The summed E-state index contributed by atoms with van der Waals surface area (Å²) in [6.07, 6.45) is 3.05. The molecule has 0 aliphatic carbocycles. The van der Waals surface area contributed by atoms with Crippen molar-refractivity contribution in [3.8, 4) is 0 Å². The van der Waals surface area contributed by atoms with Crippen LogP contribution in [0.2, 0.25) is 0 Å². The number of nitrogens with one attached hydrogen (secondary N) is 1. The lowest BCUT2D eigenvalue weighted by Gasteiger charge is -2.08. The first kappa shape index (κ1) is 16.4. The predicted molar refractivity (Wildman–Crippen MR) is 87.3 cm³/mol. The van der Waals surface area contributed by atoms with E-state index in [1.54, 1.807) is 22.9 Å². The van der Waals surface area contributed by atoms with Crippen LogP contribution in [0.15, 0.2) is 47.6 Å². The maximum atomic E-state index is 13.3. The molecule has 0 unspecified atom stereocenters. The molecule has 126 valence electrons. The van der Waals surface area contributed by atoms with Gasteiger partial charge in [-0.15, -0.1) is 0 Å². The number of sulfonamides is 1. The summed E-state index contributed by atoms with van der Waals surface area (Å²) in [7, 11) is -4.03. The van der Waals surface area contributed by atoms with E-state index >= 15 is 0 Å². The van der Waals surface area contributed by atoms with Crippen LogP contribution < -0.4 is 4.72 Å². The van der Waals surface area contributed by atoms with Crippen molar-refractivity contribution < 1.29 is 17.2 Å². The Kier molecular flexibility index (Phi) is 4.00. The van der Waals surface area contributed by atoms with Crippen LogP contribution in [0.5, 0.6) is 0 Å². The molecule has 0 spiro atoms. The molecule has 0 fully saturated rings. The standard InChI is InChI=1S/C16H15F2N3O2S/c1-10(2)21-9-15(14-4-3-5-19-16(14)21)24(22,23)20-13-7-11(17)6-12(18)8-13/h3-10,20H,1-2H3. The number of pyridine rings is 1. The zero-order valence-electron chi connectivity index (χ0n) is 13.0. The quantitative estimate of drug-likeness (QED) is 0.780. The first-order valence-corrected chi connectivity index (χ1v) is 8.71. The normalized spacial score (nSPS) is 12.0. The van der Waals surface area contributed by atoms with Gasteiger partial charge in [0.2, 0.25) is 0 Å². The maximum Gasteiger partial charge on any atom is 0.264 e. The summed E-state index contributed by atoms with van der Waals surface area (Å²) in [5, 5.41) is 0.440. The molecule has 0 atom stereocenters. The molecule has 0 saturated heterocycles. The third-order valence-electron chi connectivity index (χ3n) is 3.51. The third kappa shape index (κ3) is 2.96. The molecule has 0 bridgehead atoms. The predicted octanol–water partition coefficient (Wildman–Crippen LogP) is 3.70. The molecule has 1 aromatic carbocycles. The number of hydrogen-bond acceptors (Lipinski definition) is 3. The lowest BCUT2D eigenvalue weighted by atomic mass is 10.3. The van der Waals surface area contributed by atoms with E-state index in [4.69, 9.17) is 0 Å². The van der Waals surface area contributed by atoms with Crippen molar-refractivity contribution in [2.45, 2.75) is 24.8 Å². The van der Waals surface area contributed by atoms with Crippen LogP contribution in [0.4, 0.5) is 14.5 Å². The molecule has 0 radical (unpaired) electrons. The third-order valence-corrected chi connectivity index (χ3v) is 4.92. The molecule has 0 aliphatic rings. The van der Waals surface area contributed by atoms with Crippen molar-refractivity contribution in [1.82, 2.24) is 9.55 Å². The first-order chi connectivity index (χ1) is 11.3. The lowest BCUT2D eigenvalue weighted by molar-refractivity contribution is 0.584. The number of hydrogen-bond donors (Lipinski definition) is 1. The maximum absolute atomic E-state index is 13.3. The van der Waals surface area contributed by atoms with Gasteiger partial charge in [-0.1, -0.05) is 0 Å². The van der Waals surface area contributed by atoms with E-state index in [0.29, 0.717) is 17.1 Å². The van der Waals surface area contributed by atoms with E-state index in [2.05, 4.69) is 9.71 Å². The molecular formula is C16H15F2N3O2S. The van der Waals surface area contributed by atoms with Gasteiger partial charge in [0.1, 0.15) is 22.2 Å². The Morgan fingerprint density at radius 2 is 1.83 bits per heavy atom. The van der Waals surface area contributed by atoms with E-state index in [9.17, 15) is 17.2 Å². The number of halogens is 2. The highest BCUT2D eigenvalue weighted by atomic mass is 32.2. The van der Waals surface area contributed by atoms with Crippen LogP contribution in [0.25, 0.3) is 11.0 Å². The molecular weight excluding hydrogens is 336 g/mol. The number of rotatable bonds is 4. The zero-order chi connectivity index (χ0) is 17.5. The van der Waals surface area contributed by atoms with Gasteiger partial charge in [0.25, 0.3) is 10.0 Å². The van der Waals surface area contributed by atoms with E-state index in [1.165, 1.54) is 6.20 Å². The van der Waals surface area contributed by atoms with Crippen LogP contribution in [0, 0.1) is 11.6 Å². The van der Waals surface area contributed by atoms with Gasteiger partial charge in [-0.25, -0.2) is 22.2 Å². The van der Waals surface area contributed by atoms with Gasteiger partial charge in [0.05, 0.1) is 5.69 Å². The highest BCUT2D eigenvalue weighted by Crippen LogP contribution is 2.28. The Hall–Kier alpha value is -2.48. The number of aromatic nitrogens is 2. The van der Waals surface area contributed by atoms with Crippen molar-refractivity contribution >= 4 is 26.7 Å². The van der Waals surface area contributed by atoms with Crippen molar-refractivity contribution in [3.63, 3.8) is 0 Å². The summed E-state index contributed by atoms with van der Waals surface area (Å²) in [4.78, 5) is 4.23. The van der Waals surface area contributed by atoms with Crippen LogP contribution >= 0.6 is 0 Å². The van der Waals surface area contributed by atoms with Gasteiger partial charge in [0, 0.05) is 29.9 Å². The summed E-state index contributed by atoms with van der Waals surface area (Å²) in [5.41, 5.74) is 0.347. The minimum absolute atomic E-state index is 0.00189. The van der Waals surface area contributed by atoms with Crippen LogP contribution in [0.3, 0.4) is 0 Å². The minimum atomic E-state index is -4.03. The van der Waals surface area contributed by atoms with E-state index in [-0.39, 0.29) is 16.6 Å². The highest BCUT2D eigenvalue weighted by Gasteiger charge is 2.23. The van der Waals surface area contributed by atoms with Crippen LogP contribution in [-0.4, -0.2) is 18.0 Å². The molecule has 2 aromatic heterocycles. The SMILES string of the molecule is CC(C)n1cc(S(=O)(=O)Nc2cc(F)cc(F)c2)c2cccnc21. The van der Waals surface area contributed by atoms with Crippen LogP contribution in [0.1, 0.15) is 19.9 Å². The smallest absolute Gasteiger partial charge is 0.264 e. The Labute approximate surface area is 138 Å². The summed E-state index contributed by atoms with van der Waals surface area (Å²) < 4.78 is 55.9. The van der Waals surface area contributed by atoms with E-state index in [1.807, 2.05) is 13.8 Å². The van der Waals surface area contributed by atoms with Gasteiger partial charge in [-0.3, -0.25) is 4.72 Å². The Balaban J connectivity index is 2.12. The zero-order valence-corrected chi connectivity index (χ0v) is 13.8. The summed E-state index contributed by atoms with van der Waals surface area (Å²) in [6, 6.07) is 5.78. The Morgan fingerprint density at radius 1 is 1.17 bits per heavy atom. The second-order valence-corrected chi connectivity index (χ2v) is 7.28. The average molecular weight is 351 g/mol. The fourth-order valence-corrected chi connectivity index (χ4v) is 3.72. The summed E-state index contributed by atoms with van der Waals surface area (Å²) >= 11 is 0. The van der Waals surface area contributed by atoms with Gasteiger partial charge in [-0.05, 0) is 38.1 Å². The first-order valence-electron chi connectivity index (χ1n) is 7.22. The molecule has 0 aliphatic heterocycles. The Morgan fingerprint density at radius 3 is 2.46 bits per heavy atom. The number of nitrogens with zero attached hydrogens (tertiary/aromatic N) is 2. The molecule has 0 saturated carbocycles. The molecule has 3 rings (SSSR count). The second kappa shape index (κ2) is 5.86. The van der Waals surface area contributed by atoms with E-state index in [0.717, 1.165) is 12.1 Å². The molecule has 1 N–H and O–H groups in total.